The molecule has 1 aromatic heterocycles. The second-order valence-corrected chi connectivity index (χ2v) is 8.47. The van der Waals surface area contributed by atoms with E-state index in [-0.39, 0.29) is 46.5 Å². The largest absolute Gasteiger partial charge is 0.508 e. The number of hydrogen-bond donors (Lipinski definition) is 2. The van der Waals surface area contributed by atoms with Gasteiger partial charge < -0.3 is 24.1 Å². The molecule has 2 N–H and O–H groups in total. The fourth-order valence-electron chi connectivity index (χ4n) is 4.32. The maximum Gasteiger partial charge on any atom is 0.312 e. The van der Waals surface area contributed by atoms with Gasteiger partial charge in [-0.25, -0.2) is 0 Å². The van der Waals surface area contributed by atoms with Gasteiger partial charge in [0.05, 0.1) is 12.5 Å². The molecule has 34 heavy (non-hydrogen) atoms. The lowest BCUT2D eigenvalue weighted by atomic mass is 9.84. The summed E-state index contributed by atoms with van der Waals surface area (Å²) in [7, 11) is 0. The van der Waals surface area contributed by atoms with Gasteiger partial charge in [-0.2, -0.15) is 0 Å². The third-order valence-corrected chi connectivity index (χ3v) is 5.73. The van der Waals surface area contributed by atoms with Crippen LogP contribution >= 0.6 is 0 Å². The topological polar surface area (TPSA) is 106 Å². The van der Waals surface area contributed by atoms with Crippen LogP contribution in [0.4, 0.5) is 0 Å². The van der Waals surface area contributed by atoms with Gasteiger partial charge in [0.1, 0.15) is 39.7 Å². The van der Waals surface area contributed by atoms with Crippen LogP contribution in [-0.2, 0) is 4.79 Å². The van der Waals surface area contributed by atoms with Crippen LogP contribution < -0.4 is 14.9 Å². The molecule has 0 bridgehead atoms. The zero-order chi connectivity index (χ0) is 24.0. The number of esters is 1. The minimum absolute atomic E-state index is 0.00601. The number of hydrogen-bond acceptors (Lipinski definition) is 7. The second kappa shape index (κ2) is 8.26. The second-order valence-electron chi connectivity index (χ2n) is 8.47. The van der Waals surface area contributed by atoms with Crippen LogP contribution in [-0.4, -0.2) is 22.3 Å². The van der Waals surface area contributed by atoms with Gasteiger partial charge in [-0.1, -0.05) is 18.2 Å². The fraction of sp³-hybridized carbons (Fsp3) is 0.185. The number of ether oxygens (including phenoxy) is 2. The van der Waals surface area contributed by atoms with Crippen molar-refractivity contribution in [1.82, 2.24) is 0 Å². The lowest BCUT2D eigenvalue weighted by molar-refractivity contribution is -0.135. The number of para-hydroxylation sites is 1. The van der Waals surface area contributed by atoms with Gasteiger partial charge in [0.25, 0.3) is 0 Å². The molecule has 1 aliphatic heterocycles. The molecule has 2 heterocycles. The molecule has 0 amide bonds. The fourth-order valence-corrected chi connectivity index (χ4v) is 4.32. The van der Waals surface area contributed by atoms with E-state index in [9.17, 15) is 19.8 Å². The molecule has 1 atom stereocenters. The minimum Gasteiger partial charge on any atom is -0.508 e. The molecule has 0 fully saturated rings. The van der Waals surface area contributed by atoms with Crippen LogP contribution in [0.5, 0.6) is 23.0 Å². The van der Waals surface area contributed by atoms with Gasteiger partial charge in [0.15, 0.2) is 5.43 Å². The molecular formula is C27H22O7. The molecule has 7 heteroatoms. The van der Waals surface area contributed by atoms with Crippen LogP contribution in [0.2, 0.25) is 0 Å². The highest BCUT2D eigenvalue weighted by Gasteiger charge is 2.35. The summed E-state index contributed by atoms with van der Waals surface area (Å²) in [5.74, 6) is -0.235. The van der Waals surface area contributed by atoms with Crippen LogP contribution in [0.15, 0.2) is 69.9 Å². The molecule has 0 aliphatic carbocycles. The molecule has 172 valence electrons. The number of fused-ring (bicyclic) bond motifs is 3. The number of benzene rings is 3. The van der Waals surface area contributed by atoms with Gasteiger partial charge in [-0.3, -0.25) is 9.59 Å². The highest BCUT2D eigenvalue weighted by atomic mass is 16.5. The summed E-state index contributed by atoms with van der Waals surface area (Å²) < 4.78 is 17.6. The van der Waals surface area contributed by atoms with Crippen LogP contribution in [0.25, 0.3) is 22.3 Å². The highest BCUT2D eigenvalue weighted by Crippen LogP contribution is 2.47. The Morgan fingerprint density at radius 1 is 1.00 bits per heavy atom. The number of carbonyl (C=O) groups excluding carboxylic acids is 1. The SMILES string of the molecule is CC(C)Oc1ccccc1[C@@H]1CC(=O)Oc2cc(O)c3c(=O)cc(-c4ccc(O)cc4)oc3c21. The lowest BCUT2D eigenvalue weighted by Crippen LogP contribution is -2.22. The number of rotatable bonds is 4. The number of phenolic OH excluding ortho intramolecular Hbond substituents is 2. The van der Waals surface area contributed by atoms with Crippen molar-refractivity contribution in [3.8, 4) is 34.3 Å². The molecule has 3 aromatic carbocycles. The third-order valence-electron chi connectivity index (χ3n) is 5.73. The molecule has 0 saturated carbocycles. The van der Waals surface area contributed by atoms with E-state index in [0.717, 1.165) is 5.56 Å². The van der Waals surface area contributed by atoms with Crippen molar-refractivity contribution in [2.24, 2.45) is 0 Å². The summed E-state index contributed by atoms with van der Waals surface area (Å²) in [5.41, 5.74) is 1.51. The van der Waals surface area contributed by atoms with Gasteiger partial charge in [0, 0.05) is 34.7 Å². The van der Waals surface area contributed by atoms with Crippen molar-refractivity contribution in [2.75, 3.05) is 0 Å². The van der Waals surface area contributed by atoms with E-state index < -0.39 is 17.3 Å². The number of aromatic hydroxyl groups is 2. The number of carbonyl (C=O) groups is 1. The van der Waals surface area contributed by atoms with Gasteiger partial charge >= 0.3 is 5.97 Å². The van der Waals surface area contributed by atoms with Gasteiger partial charge in [-0.05, 0) is 44.2 Å². The molecule has 0 spiro atoms. The summed E-state index contributed by atoms with van der Waals surface area (Å²) in [6.07, 6.45) is -0.0786. The summed E-state index contributed by atoms with van der Waals surface area (Å²) >= 11 is 0. The van der Waals surface area contributed by atoms with E-state index in [1.807, 2.05) is 38.1 Å². The molecule has 0 saturated heterocycles. The summed E-state index contributed by atoms with van der Waals surface area (Å²) in [5, 5.41) is 20.2. The summed E-state index contributed by atoms with van der Waals surface area (Å²) in [6.45, 7) is 3.83. The predicted molar refractivity (Wildman–Crippen MR) is 126 cm³/mol. The monoisotopic (exact) mass is 458 g/mol. The third kappa shape index (κ3) is 3.75. The summed E-state index contributed by atoms with van der Waals surface area (Å²) in [6, 6.07) is 16.2. The smallest absolute Gasteiger partial charge is 0.312 e. The molecule has 0 unspecified atom stereocenters. The molecule has 7 nitrogen and oxygen atoms in total. The maximum absolute atomic E-state index is 13.1. The van der Waals surface area contributed by atoms with E-state index in [0.29, 0.717) is 16.9 Å². The van der Waals surface area contributed by atoms with E-state index in [2.05, 4.69) is 0 Å². The first-order valence-electron chi connectivity index (χ1n) is 10.9. The minimum atomic E-state index is -0.521. The van der Waals surface area contributed by atoms with Crippen LogP contribution in [0, 0.1) is 0 Å². The van der Waals surface area contributed by atoms with Gasteiger partial charge in [-0.15, -0.1) is 0 Å². The van der Waals surface area contributed by atoms with Crippen molar-refractivity contribution < 1.29 is 28.9 Å². The van der Waals surface area contributed by atoms with Crippen molar-refractivity contribution in [2.45, 2.75) is 32.3 Å². The van der Waals surface area contributed by atoms with E-state index >= 15 is 0 Å². The molecule has 1 aliphatic rings. The average Bonchev–Trinajstić information content (AvgIpc) is 2.78. The zero-order valence-corrected chi connectivity index (χ0v) is 18.6. The first kappa shape index (κ1) is 21.6. The van der Waals surface area contributed by atoms with Gasteiger partial charge in [0.2, 0.25) is 0 Å². The predicted octanol–water partition coefficient (Wildman–Crippen LogP) is 5.10. The van der Waals surface area contributed by atoms with Crippen molar-refractivity contribution in [1.29, 1.82) is 0 Å². The zero-order valence-electron chi connectivity index (χ0n) is 18.6. The maximum atomic E-state index is 13.1. The Kier molecular flexibility index (Phi) is 5.24. The number of phenols is 2. The molecular weight excluding hydrogens is 436 g/mol. The Hall–Kier alpha value is -4.26. The standard InChI is InChI=1S/C27H22O7/c1-14(2)32-21-6-4-3-5-17(21)18-11-24(31)33-23-13-20(30)26-19(29)12-22(34-27(26)25(18)23)15-7-9-16(28)10-8-15/h3-10,12-14,18,28,30H,11H2,1-2H3/t18-/m0/s1. The molecule has 5 rings (SSSR count). The normalized spacial score (nSPS) is 15.3. The molecule has 0 radical (unpaired) electrons. The van der Waals surface area contributed by atoms with E-state index in [1.165, 1.54) is 24.3 Å². The highest BCUT2D eigenvalue weighted by molar-refractivity contribution is 5.93. The summed E-state index contributed by atoms with van der Waals surface area (Å²) in [4.78, 5) is 25.6. The first-order chi connectivity index (χ1) is 16.3. The van der Waals surface area contributed by atoms with Crippen LogP contribution in [0.1, 0.15) is 37.3 Å². The van der Waals surface area contributed by atoms with Crippen molar-refractivity contribution in [3.05, 3.63) is 82.0 Å². The quantitative estimate of drug-likeness (QED) is 0.324. The Balaban J connectivity index is 1.80. The Morgan fingerprint density at radius 2 is 1.74 bits per heavy atom. The Bertz CT molecular complexity index is 1470. The Labute approximate surface area is 194 Å². The van der Waals surface area contributed by atoms with Crippen LogP contribution in [0.3, 0.4) is 0 Å². The van der Waals surface area contributed by atoms with Crippen molar-refractivity contribution in [3.63, 3.8) is 0 Å². The first-order valence-corrected chi connectivity index (χ1v) is 10.9. The Morgan fingerprint density at radius 3 is 2.47 bits per heavy atom. The lowest BCUT2D eigenvalue weighted by Gasteiger charge is -2.27. The van der Waals surface area contributed by atoms with Crippen molar-refractivity contribution >= 4 is 16.9 Å². The molecule has 4 aromatic rings. The average molecular weight is 458 g/mol. The van der Waals surface area contributed by atoms with E-state index in [4.69, 9.17) is 13.9 Å². The van der Waals surface area contributed by atoms with E-state index in [1.54, 1.807) is 12.1 Å².